The molecule has 0 aromatic heterocycles. The molecule has 2 atom stereocenters. The van der Waals surface area contributed by atoms with Gasteiger partial charge < -0.3 is 14.5 Å². The number of nitrogens with one attached hydrogen (secondary N) is 1. The number of quaternary nitrogens is 1. The molecule has 2 bridgehead atoms. The van der Waals surface area contributed by atoms with Crippen LogP contribution in [0.3, 0.4) is 0 Å². The third-order valence-electron chi connectivity index (χ3n) is 7.59. The molecule has 3 fully saturated rings. The number of fused-ring (bicyclic) bond motifs is 3. The normalized spacial score (nSPS) is 23.6. The molecule has 1 N–H and O–H groups in total. The van der Waals surface area contributed by atoms with E-state index in [0.29, 0.717) is 11.0 Å². The minimum absolute atomic E-state index is 0.131. The van der Waals surface area contributed by atoms with Gasteiger partial charge in [-0.1, -0.05) is 67.3 Å². The van der Waals surface area contributed by atoms with Crippen molar-refractivity contribution < 1.29 is 23.7 Å². The molecule has 198 valence electrons. The Bertz CT molecular complexity index is 1250. The Hall–Kier alpha value is -4.04. The lowest BCUT2D eigenvalue weighted by atomic mass is 9.82. The molecule has 0 saturated carbocycles. The Kier molecular flexibility index (Phi) is 8.53. The van der Waals surface area contributed by atoms with Crippen molar-refractivity contribution in [1.29, 1.82) is 0 Å². The highest BCUT2D eigenvalue weighted by Crippen LogP contribution is 2.37. The summed E-state index contributed by atoms with van der Waals surface area (Å²) in [5.74, 6) is -0.388. The van der Waals surface area contributed by atoms with Crippen LogP contribution in [0.2, 0.25) is 0 Å². The van der Waals surface area contributed by atoms with Gasteiger partial charge in [-0.2, -0.15) is 0 Å². The summed E-state index contributed by atoms with van der Waals surface area (Å²) in [6.07, 6.45) is 8.55. The minimum atomic E-state index is -0.700. The van der Waals surface area contributed by atoms with E-state index in [1.807, 2.05) is 49.4 Å². The summed E-state index contributed by atoms with van der Waals surface area (Å²) >= 11 is 0. The van der Waals surface area contributed by atoms with Gasteiger partial charge in [0, 0.05) is 30.5 Å². The maximum atomic E-state index is 13.6. The van der Waals surface area contributed by atoms with Crippen molar-refractivity contribution in [3.8, 4) is 0 Å². The fourth-order valence-corrected chi connectivity index (χ4v) is 5.54. The van der Waals surface area contributed by atoms with Gasteiger partial charge in [-0.15, -0.1) is 0 Å². The topological polar surface area (TPSA) is 98.5 Å². The number of nitrogens with zero attached hydrogens (tertiary/aromatic N) is 2. The van der Waals surface area contributed by atoms with Gasteiger partial charge in [0.05, 0.1) is 18.0 Å². The number of piperidine rings is 3. The average Bonchev–Trinajstić information content (AvgIpc) is 2.94. The molecule has 3 heterocycles. The molecule has 38 heavy (non-hydrogen) atoms. The summed E-state index contributed by atoms with van der Waals surface area (Å²) in [5.41, 5.74) is 1.52. The van der Waals surface area contributed by atoms with Crippen molar-refractivity contribution in [2.24, 2.45) is 5.92 Å². The number of allylic oxidation sites excluding steroid dienone is 4. The van der Waals surface area contributed by atoms with E-state index in [2.05, 4.69) is 11.9 Å². The zero-order chi connectivity index (χ0) is 27.1. The van der Waals surface area contributed by atoms with Crippen molar-refractivity contribution in [1.82, 2.24) is 5.32 Å². The van der Waals surface area contributed by atoms with Crippen LogP contribution in [-0.2, 0) is 9.53 Å². The maximum Gasteiger partial charge on any atom is 0.333 e. The van der Waals surface area contributed by atoms with E-state index in [1.54, 1.807) is 24.3 Å². The number of hydrogen-bond acceptors (Lipinski definition) is 6. The first-order valence-corrected chi connectivity index (χ1v) is 12.9. The smallest absolute Gasteiger partial charge is 0.333 e. The lowest BCUT2D eigenvalue weighted by molar-refractivity contribution is -0.938. The molecule has 0 amide bonds. The standard InChI is InChI=1S/C30H34N3O5/c1-3-5-13-24(4-2)31-29(23-11-7-6-8-12-23)30(35)38-28-21-33(18-16-22(28)17-19-33)20-27(34)25-14-9-10-15-26(25)32(36)37/h3-15,22,28-29,31H,1,16-21H2,2H3/q+1/b13-5-,24-4+/t22?,28-,29?,33?/m0/s1. The number of carbonyl (C=O) groups excluding carboxylic acids is 2. The van der Waals surface area contributed by atoms with Gasteiger partial charge in [-0.3, -0.25) is 14.9 Å². The second-order valence-corrected chi connectivity index (χ2v) is 9.97. The number of ketones is 1. The van der Waals surface area contributed by atoms with Crippen LogP contribution in [0.15, 0.2) is 91.2 Å². The van der Waals surface area contributed by atoms with Gasteiger partial charge in [-0.25, -0.2) is 4.79 Å². The lowest BCUT2D eigenvalue weighted by Gasteiger charge is -2.51. The number of carbonyl (C=O) groups is 2. The van der Waals surface area contributed by atoms with Crippen LogP contribution in [0, 0.1) is 16.0 Å². The van der Waals surface area contributed by atoms with Crippen molar-refractivity contribution in [3.63, 3.8) is 0 Å². The van der Waals surface area contributed by atoms with Crippen LogP contribution in [0.4, 0.5) is 5.69 Å². The number of Topliss-reactive ketones (excluding diaryl/α,β-unsaturated/α-hetero) is 1. The Labute approximate surface area is 223 Å². The van der Waals surface area contributed by atoms with Gasteiger partial charge in [-0.05, 0) is 24.6 Å². The zero-order valence-electron chi connectivity index (χ0n) is 21.6. The van der Waals surface area contributed by atoms with E-state index in [1.165, 1.54) is 12.1 Å². The number of nitro groups is 1. The molecule has 3 saturated heterocycles. The largest absolute Gasteiger partial charge is 0.454 e. The first kappa shape index (κ1) is 27.0. The van der Waals surface area contributed by atoms with Gasteiger partial charge >= 0.3 is 5.97 Å². The Morgan fingerprint density at radius 3 is 2.50 bits per heavy atom. The maximum absolute atomic E-state index is 13.6. The quantitative estimate of drug-likeness (QED) is 0.114. The SMILES string of the molecule is C=C/C=C\C(=C/C)NC(C(=O)O[C@H]1C[N+]2(CC(=O)c3ccccc3[N+](=O)[O-])CCC1CC2)c1ccccc1. The summed E-state index contributed by atoms with van der Waals surface area (Å²) in [4.78, 5) is 37.7. The highest BCUT2D eigenvalue weighted by atomic mass is 16.6. The lowest BCUT2D eigenvalue weighted by Crippen LogP contribution is -2.66. The number of benzene rings is 2. The van der Waals surface area contributed by atoms with Crippen LogP contribution in [0.25, 0.3) is 0 Å². The number of nitro benzene ring substituents is 1. The second-order valence-electron chi connectivity index (χ2n) is 9.97. The zero-order valence-corrected chi connectivity index (χ0v) is 21.6. The second kappa shape index (κ2) is 12.0. The van der Waals surface area contributed by atoms with Crippen molar-refractivity contribution >= 4 is 17.4 Å². The molecule has 8 heteroatoms. The first-order chi connectivity index (χ1) is 18.4. The molecule has 2 aromatic carbocycles. The summed E-state index contributed by atoms with van der Waals surface area (Å²) in [5, 5.41) is 14.8. The molecule has 8 nitrogen and oxygen atoms in total. The number of esters is 1. The van der Waals surface area contributed by atoms with Crippen LogP contribution < -0.4 is 5.32 Å². The molecule has 5 rings (SSSR count). The molecule has 1 unspecified atom stereocenters. The molecule has 2 aromatic rings. The van der Waals surface area contributed by atoms with Gasteiger partial charge in [0.1, 0.15) is 18.7 Å². The van der Waals surface area contributed by atoms with E-state index in [9.17, 15) is 19.7 Å². The summed E-state index contributed by atoms with van der Waals surface area (Å²) < 4.78 is 6.64. The van der Waals surface area contributed by atoms with E-state index in [0.717, 1.165) is 37.2 Å². The fraction of sp³-hybridized carbons (Fsp3) is 0.333. The fourth-order valence-electron chi connectivity index (χ4n) is 5.54. The summed E-state index contributed by atoms with van der Waals surface area (Å²) in [7, 11) is 0. The first-order valence-electron chi connectivity index (χ1n) is 12.9. The highest BCUT2D eigenvalue weighted by Gasteiger charge is 2.49. The van der Waals surface area contributed by atoms with E-state index in [-0.39, 0.29) is 41.6 Å². The van der Waals surface area contributed by atoms with Crippen LogP contribution in [0.1, 0.15) is 41.7 Å². The summed E-state index contributed by atoms with van der Waals surface area (Å²) in [6, 6.07) is 14.8. The third kappa shape index (κ3) is 6.08. The molecular formula is C30H34N3O5+. The third-order valence-corrected chi connectivity index (χ3v) is 7.59. The van der Waals surface area contributed by atoms with E-state index >= 15 is 0 Å². The van der Waals surface area contributed by atoms with Crippen molar-refractivity contribution in [3.05, 3.63) is 112 Å². The Morgan fingerprint density at radius 2 is 1.84 bits per heavy atom. The van der Waals surface area contributed by atoms with Crippen molar-refractivity contribution in [2.75, 3.05) is 26.2 Å². The number of hydrogen-bond donors (Lipinski definition) is 1. The average molecular weight is 517 g/mol. The predicted octanol–water partition coefficient (Wildman–Crippen LogP) is 4.91. The predicted molar refractivity (Wildman–Crippen MR) is 145 cm³/mol. The van der Waals surface area contributed by atoms with E-state index in [4.69, 9.17) is 4.74 Å². The van der Waals surface area contributed by atoms with Crippen molar-refractivity contribution in [2.45, 2.75) is 31.9 Å². The van der Waals surface area contributed by atoms with Crippen LogP contribution in [-0.4, -0.2) is 53.4 Å². The van der Waals surface area contributed by atoms with E-state index < -0.39 is 11.0 Å². The molecule has 3 aliphatic rings. The van der Waals surface area contributed by atoms with Crippen LogP contribution in [0.5, 0.6) is 0 Å². The molecule has 0 spiro atoms. The molecule has 0 aliphatic carbocycles. The monoisotopic (exact) mass is 516 g/mol. The highest BCUT2D eigenvalue weighted by molar-refractivity contribution is 6.00. The molecular weight excluding hydrogens is 482 g/mol. The Balaban J connectivity index is 1.51. The number of para-hydroxylation sites is 1. The van der Waals surface area contributed by atoms with Gasteiger partial charge in [0.15, 0.2) is 12.1 Å². The number of rotatable bonds is 11. The Morgan fingerprint density at radius 1 is 1.16 bits per heavy atom. The van der Waals surface area contributed by atoms with Gasteiger partial charge in [0.25, 0.3) is 5.69 Å². The summed E-state index contributed by atoms with van der Waals surface area (Å²) in [6.45, 7) is 7.86. The molecule has 0 radical (unpaired) electrons. The minimum Gasteiger partial charge on any atom is -0.454 e. The van der Waals surface area contributed by atoms with Crippen LogP contribution >= 0.6 is 0 Å². The van der Waals surface area contributed by atoms with Gasteiger partial charge in [0.2, 0.25) is 5.78 Å². The number of ether oxygens (including phenoxy) is 1. The molecule has 3 aliphatic heterocycles.